The lowest BCUT2D eigenvalue weighted by atomic mass is 10.1. The Balaban J connectivity index is 1.49. The molecule has 0 bridgehead atoms. The zero-order valence-corrected chi connectivity index (χ0v) is 18.0. The van der Waals surface area contributed by atoms with E-state index in [2.05, 4.69) is 49.1 Å². The van der Waals surface area contributed by atoms with E-state index in [0.29, 0.717) is 0 Å². The molecule has 1 aliphatic rings. The summed E-state index contributed by atoms with van der Waals surface area (Å²) in [6, 6.07) is 14.5. The van der Waals surface area contributed by atoms with Crippen LogP contribution in [0.2, 0.25) is 0 Å². The molecule has 3 rings (SSSR count). The first-order chi connectivity index (χ1) is 13.9. The van der Waals surface area contributed by atoms with Gasteiger partial charge in [-0.15, -0.1) is 0 Å². The van der Waals surface area contributed by atoms with Crippen molar-refractivity contribution in [3.05, 3.63) is 70.8 Å². The number of amides is 1. The molecule has 1 amide bonds. The van der Waals surface area contributed by atoms with Crippen LogP contribution in [0.4, 0.5) is 0 Å². The second-order valence-corrected chi connectivity index (χ2v) is 7.90. The highest BCUT2D eigenvalue weighted by Crippen LogP contribution is 2.24. The summed E-state index contributed by atoms with van der Waals surface area (Å²) in [6.07, 6.45) is 3.88. The minimum Gasteiger partial charge on any atom is -0.481 e. The fourth-order valence-electron chi connectivity index (χ4n) is 3.67. The molecule has 0 radical (unpaired) electrons. The van der Waals surface area contributed by atoms with Crippen molar-refractivity contribution in [3.8, 4) is 5.75 Å². The summed E-state index contributed by atoms with van der Waals surface area (Å²) in [5, 5.41) is 0. The molecule has 0 aliphatic carbocycles. The second-order valence-electron chi connectivity index (χ2n) is 7.90. The molecule has 1 heterocycles. The van der Waals surface area contributed by atoms with Crippen molar-refractivity contribution < 1.29 is 9.53 Å². The van der Waals surface area contributed by atoms with Crippen molar-refractivity contribution in [2.75, 3.05) is 32.7 Å². The summed E-state index contributed by atoms with van der Waals surface area (Å²) in [7, 11) is 0. The van der Waals surface area contributed by atoms with Crippen LogP contribution in [0.5, 0.6) is 5.75 Å². The summed E-state index contributed by atoms with van der Waals surface area (Å²) in [6.45, 7) is 12.2. The number of benzene rings is 2. The van der Waals surface area contributed by atoms with Crippen LogP contribution in [0.1, 0.15) is 29.2 Å². The predicted octanol–water partition coefficient (Wildman–Crippen LogP) is 4.24. The van der Waals surface area contributed by atoms with Crippen molar-refractivity contribution in [2.45, 2.75) is 33.8 Å². The summed E-state index contributed by atoms with van der Waals surface area (Å²) in [5.41, 5.74) is 4.66. The van der Waals surface area contributed by atoms with Crippen LogP contribution in [0.3, 0.4) is 0 Å². The predicted molar refractivity (Wildman–Crippen MR) is 119 cm³/mol. The summed E-state index contributed by atoms with van der Waals surface area (Å²) in [5.74, 6) is 0.885. The normalized spacial score (nSPS) is 16.2. The Morgan fingerprint density at radius 2 is 1.76 bits per heavy atom. The molecule has 1 aliphatic heterocycles. The molecule has 29 heavy (non-hydrogen) atoms. The summed E-state index contributed by atoms with van der Waals surface area (Å²) in [4.78, 5) is 17.2. The van der Waals surface area contributed by atoms with Gasteiger partial charge in [0.15, 0.2) is 6.10 Å². The minimum absolute atomic E-state index is 0.0723. The van der Waals surface area contributed by atoms with E-state index >= 15 is 0 Å². The highest BCUT2D eigenvalue weighted by atomic mass is 16.5. The van der Waals surface area contributed by atoms with E-state index in [1.807, 2.05) is 43.0 Å². The third kappa shape index (κ3) is 5.70. The van der Waals surface area contributed by atoms with E-state index in [1.165, 1.54) is 11.1 Å². The van der Waals surface area contributed by atoms with Gasteiger partial charge in [-0.3, -0.25) is 9.69 Å². The topological polar surface area (TPSA) is 32.8 Å². The van der Waals surface area contributed by atoms with Crippen LogP contribution in [-0.4, -0.2) is 54.5 Å². The maximum atomic E-state index is 12.9. The maximum Gasteiger partial charge on any atom is 0.263 e. The van der Waals surface area contributed by atoms with Crippen LogP contribution in [0.25, 0.3) is 6.08 Å². The quantitative estimate of drug-likeness (QED) is 0.737. The van der Waals surface area contributed by atoms with Gasteiger partial charge < -0.3 is 9.64 Å². The Morgan fingerprint density at radius 1 is 1.07 bits per heavy atom. The standard InChI is InChI=1S/C25H32N2O2/c1-19-17-20(2)21(3)24(18-19)29-22(4)25(28)27-15-13-26(14-16-27)12-8-11-23-9-6-5-7-10-23/h5-11,17-18,22H,12-16H2,1-4H3/b11-8+/t22-/m1/s1. The lowest BCUT2D eigenvalue weighted by Gasteiger charge is -2.35. The molecule has 1 atom stereocenters. The Bertz CT molecular complexity index is 853. The van der Waals surface area contributed by atoms with Crippen LogP contribution >= 0.6 is 0 Å². The van der Waals surface area contributed by atoms with Gasteiger partial charge in [-0.25, -0.2) is 0 Å². The van der Waals surface area contributed by atoms with E-state index in [9.17, 15) is 4.79 Å². The molecular formula is C25H32N2O2. The van der Waals surface area contributed by atoms with Gasteiger partial charge in [0, 0.05) is 32.7 Å². The first-order valence-corrected chi connectivity index (χ1v) is 10.4. The number of rotatable bonds is 6. The van der Waals surface area contributed by atoms with Gasteiger partial charge in [-0.1, -0.05) is 48.6 Å². The average Bonchev–Trinajstić information content (AvgIpc) is 2.72. The fourth-order valence-corrected chi connectivity index (χ4v) is 3.67. The van der Waals surface area contributed by atoms with Crippen molar-refractivity contribution >= 4 is 12.0 Å². The molecule has 2 aromatic rings. The third-order valence-corrected chi connectivity index (χ3v) is 5.57. The number of nitrogens with zero attached hydrogens (tertiary/aromatic N) is 2. The molecule has 4 nitrogen and oxygen atoms in total. The molecule has 0 unspecified atom stereocenters. The maximum absolute atomic E-state index is 12.9. The van der Waals surface area contributed by atoms with E-state index in [-0.39, 0.29) is 5.91 Å². The highest BCUT2D eigenvalue weighted by molar-refractivity contribution is 5.81. The van der Waals surface area contributed by atoms with Crippen molar-refractivity contribution in [1.82, 2.24) is 9.80 Å². The van der Waals surface area contributed by atoms with Gasteiger partial charge in [0.05, 0.1) is 0 Å². The van der Waals surface area contributed by atoms with Crippen LogP contribution in [0.15, 0.2) is 48.5 Å². The molecule has 0 N–H and O–H groups in total. The molecule has 2 aromatic carbocycles. The fraction of sp³-hybridized carbons (Fsp3) is 0.400. The summed E-state index contributed by atoms with van der Waals surface area (Å²) < 4.78 is 6.05. The zero-order valence-electron chi connectivity index (χ0n) is 18.0. The zero-order chi connectivity index (χ0) is 20.8. The molecule has 0 aromatic heterocycles. The molecule has 4 heteroatoms. The van der Waals surface area contributed by atoms with Gasteiger partial charge >= 0.3 is 0 Å². The van der Waals surface area contributed by atoms with Gasteiger partial charge in [0.2, 0.25) is 0 Å². The first kappa shape index (κ1) is 21.1. The number of piperazine rings is 1. The molecule has 1 fully saturated rings. The van der Waals surface area contributed by atoms with Crippen molar-refractivity contribution in [3.63, 3.8) is 0 Å². The van der Waals surface area contributed by atoms with Crippen molar-refractivity contribution in [2.24, 2.45) is 0 Å². The van der Waals surface area contributed by atoms with Crippen LogP contribution in [0, 0.1) is 20.8 Å². The van der Waals surface area contributed by atoms with Crippen molar-refractivity contribution in [1.29, 1.82) is 0 Å². The summed E-state index contributed by atoms with van der Waals surface area (Å²) >= 11 is 0. The number of carbonyl (C=O) groups excluding carboxylic acids is 1. The molecule has 1 saturated heterocycles. The average molecular weight is 393 g/mol. The SMILES string of the molecule is Cc1cc(C)c(C)c(O[C@H](C)C(=O)N2CCN(C/C=C/c3ccccc3)CC2)c1. The number of aryl methyl sites for hydroxylation is 2. The Kier molecular flexibility index (Phi) is 7.10. The van der Waals surface area contributed by atoms with E-state index in [4.69, 9.17) is 4.74 Å². The van der Waals surface area contributed by atoms with Gasteiger partial charge in [0.1, 0.15) is 5.75 Å². The van der Waals surface area contributed by atoms with Crippen LogP contribution in [-0.2, 0) is 4.79 Å². The number of carbonyl (C=O) groups is 1. The van der Waals surface area contributed by atoms with E-state index < -0.39 is 6.10 Å². The Labute approximate surface area is 174 Å². The number of hydrogen-bond donors (Lipinski definition) is 0. The molecular weight excluding hydrogens is 360 g/mol. The van der Waals surface area contributed by atoms with Crippen LogP contribution < -0.4 is 4.74 Å². The number of ether oxygens (including phenoxy) is 1. The smallest absolute Gasteiger partial charge is 0.263 e. The largest absolute Gasteiger partial charge is 0.481 e. The number of hydrogen-bond acceptors (Lipinski definition) is 3. The monoisotopic (exact) mass is 392 g/mol. The lowest BCUT2D eigenvalue weighted by molar-refractivity contribution is -0.139. The van der Waals surface area contributed by atoms with Gasteiger partial charge in [-0.05, 0) is 56.0 Å². The first-order valence-electron chi connectivity index (χ1n) is 10.4. The Morgan fingerprint density at radius 3 is 2.45 bits per heavy atom. The molecule has 0 spiro atoms. The van der Waals surface area contributed by atoms with Gasteiger partial charge in [0.25, 0.3) is 5.91 Å². The Hall–Kier alpha value is -2.59. The highest BCUT2D eigenvalue weighted by Gasteiger charge is 2.26. The lowest BCUT2D eigenvalue weighted by Crippen LogP contribution is -2.51. The van der Waals surface area contributed by atoms with E-state index in [1.54, 1.807) is 0 Å². The second kappa shape index (κ2) is 9.75. The third-order valence-electron chi connectivity index (χ3n) is 5.57. The minimum atomic E-state index is -0.473. The molecule has 0 saturated carbocycles. The molecule has 154 valence electrons. The van der Waals surface area contributed by atoms with Gasteiger partial charge in [-0.2, -0.15) is 0 Å². The van der Waals surface area contributed by atoms with E-state index in [0.717, 1.165) is 49.6 Å².